The van der Waals surface area contributed by atoms with Crippen LogP contribution in [-0.2, 0) is 21.2 Å². The number of carbonyl (C=O) groups is 1. The molecule has 1 aliphatic heterocycles. The molecule has 0 aliphatic carbocycles. The number of amides is 1. The Bertz CT molecular complexity index is 749. The number of fused-ring (bicyclic) bond motifs is 1. The van der Waals surface area contributed by atoms with Gasteiger partial charge < -0.3 is 4.90 Å². The van der Waals surface area contributed by atoms with E-state index >= 15 is 0 Å². The van der Waals surface area contributed by atoms with Crippen molar-refractivity contribution >= 4 is 37.3 Å². The number of rotatable bonds is 3. The molecule has 1 saturated heterocycles. The maximum absolute atomic E-state index is 12.3. The van der Waals surface area contributed by atoms with Crippen molar-refractivity contribution in [2.24, 2.45) is 5.92 Å². The van der Waals surface area contributed by atoms with Crippen molar-refractivity contribution in [3.63, 3.8) is 0 Å². The number of aromatic nitrogens is 1. The maximum atomic E-state index is 12.3. The summed E-state index contributed by atoms with van der Waals surface area (Å²) >= 11 is 1.56. The van der Waals surface area contributed by atoms with E-state index in [9.17, 15) is 13.2 Å². The first-order valence-electron chi connectivity index (χ1n) is 6.74. The predicted octanol–water partition coefficient (Wildman–Crippen LogP) is 1.69. The van der Waals surface area contributed by atoms with Crippen LogP contribution in [0.5, 0.6) is 0 Å². The van der Waals surface area contributed by atoms with Crippen molar-refractivity contribution in [2.45, 2.75) is 13.0 Å². The van der Waals surface area contributed by atoms with E-state index in [4.69, 9.17) is 0 Å². The molecule has 2 aromatic rings. The van der Waals surface area contributed by atoms with E-state index in [1.54, 1.807) is 23.3 Å². The quantitative estimate of drug-likeness (QED) is 0.862. The summed E-state index contributed by atoms with van der Waals surface area (Å²) in [5, 5.41) is 0.868. The Morgan fingerprint density at radius 2 is 2.19 bits per heavy atom. The monoisotopic (exact) mass is 324 g/mol. The lowest BCUT2D eigenvalue weighted by Crippen LogP contribution is -2.33. The highest BCUT2D eigenvalue weighted by molar-refractivity contribution is 7.91. The largest absolute Gasteiger partial charge is 0.339 e. The van der Waals surface area contributed by atoms with Gasteiger partial charge in [-0.15, -0.1) is 11.3 Å². The number of para-hydroxylation sites is 1. The van der Waals surface area contributed by atoms with Crippen LogP contribution < -0.4 is 0 Å². The second kappa shape index (κ2) is 5.38. The van der Waals surface area contributed by atoms with Gasteiger partial charge >= 0.3 is 0 Å². The standard InChI is InChI=1S/C14H16N2O3S2/c1-16(14(17)10-6-7-21(18,19)9-10)8-13-15-11-4-2-3-5-12(11)20-13/h2-5,10H,6-9H2,1H3. The summed E-state index contributed by atoms with van der Waals surface area (Å²) in [6.45, 7) is 0.425. The van der Waals surface area contributed by atoms with Gasteiger partial charge in [0, 0.05) is 7.05 Å². The van der Waals surface area contributed by atoms with E-state index in [1.165, 1.54) is 0 Å². The predicted molar refractivity (Wildman–Crippen MR) is 82.9 cm³/mol. The van der Waals surface area contributed by atoms with E-state index in [1.807, 2.05) is 24.3 Å². The number of nitrogens with zero attached hydrogens (tertiary/aromatic N) is 2. The molecule has 1 aromatic heterocycles. The molecular formula is C14H16N2O3S2. The maximum Gasteiger partial charge on any atom is 0.226 e. The zero-order valence-corrected chi connectivity index (χ0v) is 13.3. The van der Waals surface area contributed by atoms with Gasteiger partial charge in [0.2, 0.25) is 5.91 Å². The van der Waals surface area contributed by atoms with Crippen LogP contribution in [-0.4, -0.2) is 42.8 Å². The van der Waals surface area contributed by atoms with Gasteiger partial charge in [0.25, 0.3) is 0 Å². The molecule has 7 heteroatoms. The van der Waals surface area contributed by atoms with Crippen LogP contribution in [0, 0.1) is 5.92 Å². The normalized spacial score (nSPS) is 20.7. The van der Waals surface area contributed by atoms with E-state index in [2.05, 4.69) is 4.98 Å². The fourth-order valence-corrected chi connectivity index (χ4v) is 5.32. The molecule has 5 nitrogen and oxygen atoms in total. The SMILES string of the molecule is CN(Cc1nc2ccccc2s1)C(=O)C1CCS(=O)(=O)C1. The van der Waals surface area contributed by atoms with Crippen LogP contribution in [0.25, 0.3) is 10.2 Å². The van der Waals surface area contributed by atoms with Crippen LogP contribution in [0.4, 0.5) is 0 Å². The minimum atomic E-state index is -3.03. The van der Waals surface area contributed by atoms with Crippen LogP contribution >= 0.6 is 11.3 Å². The third-order valence-electron chi connectivity index (χ3n) is 3.67. The van der Waals surface area contributed by atoms with E-state index < -0.39 is 15.8 Å². The Labute approximate surface area is 127 Å². The lowest BCUT2D eigenvalue weighted by molar-refractivity contribution is -0.133. The number of hydrogen-bond donors (Lipinski definition) is 0. The van der Waals surface area contributed by atoms with Crippen LogP contribution in [0.3, 0.4) is 0 Å². The molecule has 0 spiro atoms. The van der Waals surface area contributed by atoms with Crippen molar-refractivity contribution < 1.29 is 13.2 Å². The number of sulfone groups is 1. The summed E-state index contributed by atoms with van der Waals surface area (Å²) in [6.07, 6.45) is 0.436. The van der Waals surface area contributed by atoms with E-state index in [0.717, 1.165) is 15.2 Å². The number of thiazole rings is 1. The summed E-state index contributed by atoms with van der Waals surface area (Å²) < 4.78 is 24.0. The van der Waals surface area contributed by atoms with Gasteiger partial charge in [0.05, 0.1) is 34.2 Å². The van der Waals surface area contributed by atoms with Gasteiger partial charge in [-0.1, -0.05) is 12.1 Å². The topological polar surface area (TPSA) is 67.3 Å². The van der Waals surface area contributed by atoms with Crippen molar-refractivity contribution in [1.29, 1.82) is 0 Å². The van der Waals surface area contributed by atoms with Crippen LogP contribution in [0.1, 0.15) is 11.4 Å². The molecule has 1 unspecified atom stereocenters. The molecule has 112 valence electrons. The van der Waals surface area contributed by atoms with Crippen molar-refractivity contribution in [3.05, 3.63) is 29.3 Å². The number of benzene rings is 1. The highest BCUT2D eigenvalue weighted by Crippen LogP contribution is 2.24. The Hall–Kier alpha value is -1.47. The first-order valence-corrected chi connectivity index (χ1v) is 9.38. The van der Waals surface area contributed by atoms with Gasteiger partial charge in [-0.25, -0.2) is 13.4 Å². The van der Waals surface area contributed by atoms with Gasteiger partial charge in [-0.05, 0) is 18.6 Å². The molecule has 3 rings (SSSR count). The van der Waals surface area contributed by atoms with Crippen LogP contribution in [0.15, 0.2) is 24.3 Å². The fourth-order valence-electron chi connectivity index (χ4n) is 2.57. The first kappa shape index (κ1) is 14.5. The van der Waals surface area contributed by atoms with Crippen molar-refractivity contribution in [1.82, 2.24) is 9.88 Å². The minimum absolute atomic E-state index is 0.0178. The smallest absolute Gasteiger partial charge is 0.226 e. The van der Waals surface area contributed by atoms with Gasteiger partial charge in [-0.2, -0.15) is 0 Å². The summed E-state index contributed by atoms with van der Waals surface area (Å²) in [5.74, 6) is -0.390. The summed E-state index contributed by atoms with van der Waals surface area (Å²) in [4.78, 5) is 18.4. The number of hydrogen-bond acceptors (Lipinski definition) is 5. The average molecular weight is 324 g/mol. The average Bonchev–Trinajstić information content (AvgIpc) is 3.00. The minimum Gasteiger partial charge on any atom is -0.339 e. The second-order valence-electron chi connectivity index (χ2n) is 5.37. The summed E-state index contributed by atoms with van der Waals surface area (Å²) in [5.41, 5.74) is 0.932. The Morgan fingerprint density at radius 3 is 2.86 bits per heavy atom. The Kier molecular flexibility index (Phi) is 3.71. The molecule has 0 saturated carbocycles. The third kappa shape index (κ3) is 3.08. The fraction of sp³-hybridized carbons (Fsp3) is 0.429. The molecule has 2 heterocycles. The lowest BCUT2D eigenvalue weighted by Gasteiger charge is -2.19. The zero-order valence-electron chi connectivity index (χ0n) is 11.7. The van der Waals surface area contributed by atoms with Gasteiger partial charge in [0.1, 0.15) is 5.01 Å². The Balaban J connectivity index is 1.71. The summed E-state index contributed by atoms with van der Waals surface area (Å²) in [6, 6.07) is 7.84. The van der Waals surface area contributed by atoms with Crippen molar-refractivity contribution in [3.8, 4) is 0 Å². The zero-order chi connectivity index (χ0) is 15.0. The molecule has 0 radical (unpaired) electrons. The first-order chi connectivity index (χ1) is 9.94. The van der Waals surface area contributed by atoms with Gasteiger partial charge in [-0.3, -0.25) is 4.79 Å². The highest BCUT2D eigenvalue weighted by atomic mass is 32.2. The van der Waals surface area contributed by atoms with Gasteiger partial charge in [0.15, 0.2) is 9.84 Å². The van der Waals surface area contributed by atoms with Crippen molar-refractivity contribution in [2.75, 3.05) is 18.6 Å². The second-order valence-corrected chi connectivity index (χ2v) is 8.71. The molecule has 1 fully saturated rings. The molecule has 1 amide bonds. The van der Waals surface area contributed by atoms with E-state index in [0.29, 0.717) is 13.0 Å². The molecule has 0 bridgehead atoms. The van der Waals surface area contributed by atoms with E-state index in [-0.39, 0.29) is 17.4 Å². The molecule has 1 atom stereocenters. The summed E-state index contributed by atoms with van der Waals surface area (Å²) in [7, 11) is -1.32. The molecule has 0 N–H and O–H groups in total. The van der Waals surface area contributed by atoms with Crippen LogP contribution in [0.2, 0.25) is 0 Å². The molecule has 1 aliphatic rings. The number of carbonyl (C=O) groups excluding carboxylic acids is 1. The Morgan fingerprint density at radius 1 is 1.43 bits per heavy atom. The third-order valence-corrected chi connectivity index (χ3v) is 6.46. The molecule has 21 heavy (non-hydrogen) atoms. The highest BCUT2D eigenvalue weighted by Gasteiger charge is 2.34. The molecular weight excluding hydrogens is 308 g/mol. The lowest BCUT2D eigenvalue weighted by atomic mass is 10.1. The molecule has 1 aromatic carbocycles.